The Balaban J connectivity index is 3.10. The van der Waals surface area contributed by atoms with Crippen LogP contribution in [0.4, 0.5) is 13.2 Å². The lowest BCUT2D eigenvalue weighted by atomic mass is 9.93. The second kappa shape index (κ2) is 4.78. The van der Waals surface area contributed by atoms with Crippen molar-refractivity contribution in [3.63, 3.8) is 0 Å². The van der Waals surface area contributed by atoms with Crippen molar-refractivity contribution in [2.24, 2.45) is 0 Å². The lowest BCUT2D eigenvalue weighted by molar-refractivity contribution is -0.137. The molecule has 4 heteroatoms. The minimum atomic E-state index is -4.26. The predicted octanol–water partition coefficient (Wildman–Crippen LogP) is 4.90. The monoisotopic (exact) mass is 294 g/mol. The zero-order valence-electron chi connectivity index (χ0n) is 9.40. The number of rotatable bonds is 2. The SMILES string of the molecule is Cc1cc(C(F)(F)F)ccc1C(C)C(C)Br. The summed E-state index contributed by atoms with van der Waals surface area (Å²) in [7, 11) is 0. The Morgan fingerprint density at radius 3 is 2.12 bits per heavy atom. The number of halogens is 4. The molecule has 0 aliphatic carbocycles. The van der Waals surface area contributed by atoms with Gasteiger partial charge in [0.1, 0.15) is 0 Å². The molecular formula is C12H14BrF3. The quantitative estimate of drug-likeness (QED) is 0.681. The van der Waals surface area contributed by atoms with Gasteiger partial charge in [-0.15, -0.1) is 0 Å². The van der Waals surface area contributed by atoms with Crippen LogP contribution in [-0.4, -0.2) is 4.83 Å². The van der Waals surface area contributed by atoms with Gasteiger partial charge in [0.2, 0.25) is 0 Å². The first-order chi connectivity index (χ1) is 7.23. The van der Waals surface area contributed by atoms with Gasteiger partial charge in [0.05, 0.1) is 5.56 Å². The van der Waals surface area contributed by atoms with Crippen molar-refractivity contribution in [3.05, 3.63) is 34.9 Å². The summed E-state index contributed by atoms with van der Waals surface area (Å²) in [5.74, 6) is 0.197. The van der Waals surface area contributed by atoms with Gasteiger partial charge in [-0.3, -0.25) is 0 Å². The van der Waals surface area contributed by atoms with E-state index < -0.39 is 11.7 Å². The normalized spacial score (nSPS) is 15.9. The first-order valence-electron chi connectivity index (χ1n) is 5.05. The molecule has 0 spiro atoms. The molecule has 0 fully saturated rings. The Morgan fingerprint density at radius 1 is 1.19 bits per heavy atom. The van der Waals surface area contributed by atoms with E-state index >= 15 is 0 Å². The summed E-state index contributed by atoms with van der Waals surface area (Å²) in [4.78, 5) is 0.239. The van der Waals surface area contributed by atoms with Crippen molar-refractivity contribution in [2.45, 2.75) is 37.7 Å². The molecule has 0 nitrogen and oxygen atoms in total. The lowest BCUT2D eigenvalue weighted by Gasteiger charge is -2.18. The van der Waals surface area contributed by atoms with Gasteiger partial charge < -0.3 is 0 Å². The molecule has 0 amide bonds. The fraction of sp³-hybridized carbons (Fsp3) is 0.500. The molecule has 0 bridgehead atoms. The van der Waals surface area contributed by atoms with E-state index in [4.69, 9.17) is 0 Å². The van der Waals surface area contributed by atoms with Crippen molar-refractivity contribution >= 4 is 15.9 Å². The Bertz CT molecular complexity index is 369. The maximum atomic E-state index is 12.4. The first kappa shape index (κ1) is 13.6. The number of benzene rings is 1. The van der Waals surface area contributed by atoms with Crippen molar-refractivity contribution in [1.29, 1.82) is 0 Å². The highest BCUT2D eigenvalue weighted by Gasteiger charge is 2.31. The predicted molar refractivity (Wildman–Crippen MR) is 63.0 cm³/mol. The van der Waals surface area contributed by atoms with Crippen LogP contribution in [0.5, 0.6) is 0 Å². The van der Waals surface area contributed by atoms with E-state index in [1.165, 1.54) is 6.07 Å². The molecule has 0 aliphatic heterocycles. The molecular weight excluding hydrogens is 281 g/mol. The summed E-state index contributed by atoms with van der Waals surface area (Å²) in [6, 6.07) is 3.93. The number of aryl methyl sites for hydroxylation is 1. The average molecular weight is 295 g/mol. The zero-order valence-corrected chi connectivity index (χ0v) is 11.0. The van der Waals surface area contributed by atoms with Crippen LogP contribution in [0, 0.1) is 6.92 Å². The van der Waals surface area contributed by atoms with Crippen molar-refractivity contribution in [2.75, 3.05) is 0 Å². The summed E-state index contributed by atoms with van der Waals surface area (Å²) in [6.45, 7) is 5.70. The molecule has 0 saturated carbocycles. The van der Waals surface area contributed by atoms with Crippen LogP contribution in [-0.2, 0) is 6.18 Å². The highest BCUT2D eigenvalue weighted by Crippen LogP contribution is 2.33. The zero-order chi connectivity index (χ0) is 12.5. The maximum absolute atomic E-state index is 12.4. The third-order valence-corrected chi connectivity index (χ3v) is 3.57. The summed E-state index contributed by atoms with van der Waals surface area (Å²) < 4.78 is 37.3. The Labute approximate surface area is 102 Å². The van der Waals surface area contributed by atoms with E-state index in [-0.39, 0.29) is 10.7 Å². The van der Waals surface area contributed by atoms with Gasteiger partial charge in [-0.1, -0.05) is 35.8 Å². The second-order valence-electron chi connectivity index (χ2n) is 4.04. The van der Waals surface area contributed by atoms with Gasteiger partial charge in [0.25, 0.3) is 0 Å². The third-order valence-electron chi connectivity index (χ3n) is 2.78. The van der Waals surface area contributed by atoms with Crippen molar-refractivity contribution in [1.82, 2.24) is 0 Å². The van der Waals surface area contributed by atoms with Crippen LogP contribution in [0.3, 0.4) is 0 Å². The Morgan fingerprint density at radius 2 is 1.75 bits per heavy atom. The highest BCUT2D eigenvalue weighted by atomic mass is 79.9. The van der Waals surface area contributed by atoms with Gasteiger partial charge >= 0.3 is 6.18 Å². The molecule has 1 rings (SSSR count). The van der Waals surface area contributed by atoms with Crippen LogP contribution < -0.4 is 0 Å². The minimum Gasteiger partial charge on any atom is -0.166 e. The summed E-state index contributed by atoms with van der Waals surface area (Å²) in [5, 5.41) is 0. The van der Waals surface area contributed by atoms with Crippen LogP contribution in [0.2, 0.25) is 0 Å². The van der Waals surface area contributed by atoms with Gasteiger partial charge in [0.15, 0.2) is 0 Å². The summed E-state index contributed by atoms with van der Waals surface area (Å²) in [6.07, 6.45) is -4.26. The van der Waals surface area contributed by atoms with Crippen molar-refractivity contribution < 1.29 is 13.2 Å². The van der Waals surface area contributed by atoms with E-state index in [1.807, 2.05) is 13.8 Å². The van der Waals surface area contributed by atoms with Gasteiger partial charge in [-0.2, -0.15) is 13.2 Å². The molecule has 2 unspecified atom stereocenters. The fourth-order valence-electron chi connectivity index (χ4n) is 1.61. The summed E-state index contributed by atoms with van der Waals surface area (Å²) >= 11 is 3.45. The van der Waals surface area contributed by atoms with Crippen LogP contribution >= 0.6 is 15.9 Å². The molecule has 0 radical (unpaired) electrons. The lowest BCUT2D eigenvalue weighted by Crippen LogP contribution is -2.09. The number of hydrogen-bond donors (Lipinski definition) is 0. The van der Waals surface area contributed by atoms with E-state index in [1.54, 1.807) is 13.0 Å². The largest absolute Gasteiger partial charge is 0.416 e. The molecule has 16 heavy (non-hydrogen) atoms. The molecule has 0 aliphatic rings. The number of alkyl halides is 4. The smallest absolute Gasteiger partial charge is 0.166 e. The molecule has 0 aromatic heterocycles. The molecule has 0 saturated heterocycles. The minimum absolute atomic E-state index is 0.197. The molecule has 0 N–H and O–H groups in total. The average Bonchev–Trinajstić information content (AvgIpc) is 2.15. The van der Waals surface area contributed by atoms with E-state index in [0.29, 0.717) is 5.56 Å². The van der Waals surface area contributed by atoms with Gasteiger partial charge in [-0.05, 0) is 36.1 Å². The third kappa shape index (κ3) is 3.00. The van der Waals surface area contributed by atoms with Crippen LogP contribution in [0.1, 0.15) is 36.5 Å². The van der Waals surface area contributed by atoms with E-state index in [9.17, 15) is 13.2 Å². The van der Waals surface area contributed by atoms with Crippen molar-refractivity contribution in [3.8, 4) is 0 Å². The second-order valence-corrected chi connectivity index (χ2v) is 5.48. The first-order valence-corrected chi connectivity index (χ1v) is 5.97. The van der Waals surface area contributed by atoms with Crippen LogP contribution in [0.25, 0.3) is 0 Å². The van der Waals surface area contributed by atoms with Gasteiger partial charge in [-0.25, -0.2) is 0 Å². The number of hydrogen-bond acceptors (Lipinski definition) is 0. The highest BCUT2D eigenvalue weighted by molar-refractivity contribution is 9.09. The van der Waals surface area contributed by atoms with Crippen LogP contribution in [0.15, 0.2) is 18.2 Å². The molecule has 90 valence electrons. The standard InChI is InChI=1S/C12H14BrF3/c1-7-6-10(12(14,15)16)4-5-11(7)8(2)9(3)13/h4-6,8-9H,1-3H3. The topological polar surface area (TPSA) is 0 Å². The molecule has 2 atom stereocenters. The molecule has 1 aromatic rings. The fourth-order valence-corrected chi connectivity index (χ4v) is 1.90. The Hall–Kier alpha value is -0.510. The molecule has 0 heterocycles. The van der Waals surface area contributed by atoms with E-state index in [0.717, 1.165) is 11.6 Å². The van der Waals surface area contributed by atoms with Gasteiger partial charge in [0, 0.05) is 4.83 Å². The Kier molecular flexibility index (Phi) is 4.05. The molecule has 1 aromatic carbocycles. The van der Waals surface area contributed by atoms with E-state index in [2.05, 4.69) is 15.9 Å². The maximum Gasteiger partial charge on any atom is 0.416 e. The summed E-state index contributed by atoms with van der Waals surface area (Å²) in [5.41, 5.74) is 1.06.